The highest BCUT2D eigenvalue weighted by Crippen LogP contribution is 2.18. The Bertz CT molecular complexity index is 523. The Morgan fingerprint density at radius 3 is 2.88 bits per heavy atom. The van der Waals surface area contributed by atoms with Crippen LogP contribution in [0.3, 0.4) is 0 Å². The molecule has 0 fully saturated rings. The number of halogens is 1. The molecule has 17 heavy (non-hydrogen) atoms. The zero-order valence-corrected chi connectivity index (χ0v) is 8.81. The van der Waals surface area contributed by atoms with Gasteiger partial charge >= 0.3 is 5.97 Å². The van der Waals surface area contributed by atoms with Gasteiger partial charge in [0.05, 0.1) is 18.1 Å². The zero-order valence-electron chi connectivity index (χ0n) is 8.81. The van der Waals surface area contributed by atoms with Crippen LogP contribution in [0.25, 0.3) is 0 Å². The van der Waals surface area contributed by atoms with Crippen LogP contribution in [0.4, 0.5) is 10.1 Å². The third-order valence-electron chi connectivity index (χ3n) is 2.28. The summed E-state index contributed by atoms with van der Waals surface area (Å²) in [5.41, 5.74) is 1.17. The normalized spacial score (nSPS) is 10.2. The number of carboxylic acid groups (broad SMARTS) is 1. The van der Waals surface area contributed by atoms with Crippen molar-refractivity contribution >= 4 is 11.7 Å². The summed E-state index contributed by atoms with van der Waals surface area (Å²) in [5, 5.41) is 11.8. The molecule has 1 aromatic heterocycles. The van der Waals surface area contributed by atoms with E-state index < -0.39 is 11.8 Å². The molecule has 0 unspecified atom stereocenters. The molecule has 0 aliphatic rings. The number of rotatable bonds is 4. The Kier molecular flexibility index (Phi) is 3.09. The predicted molar refractivity (Wildman–Crippen MR) is 59.4 cm³/mol. The monoisotopic (exact) mass is 235 g/mol. The van der Waals surface area contributed by atoms with Crippen LogP contribution in [0.1, 0.15) is 15.9 Å². The highest BCUT2D eigenvalue weighted by atomic mass is 19.1. The first-order chi connectivity index (χ1) is 8.16. The maximum absolute atomic E-state index is 12.9. The van der Waals surface area contributed by atoms with E-state index in [1.54, 1.807) is 12.3 Å². The molecule has 0 aliphatic heterocycles. The number of carbonyl (C=O) groups is 1. The number of nitrogens with one attached hydrogen (secondary N) is 1. The van der Waals surface area contributed by atoms with Crippen LogP contribution in [0.15, 0.2) is 41.2 Å². The van der Waals surface area contributed by atoms with Gasteiger partial charge in [0.1, 0.15) is 5.82 Å². The molecule has 0 aliphatic carbocycles. The molecule has 0 atom stereocenters. The van der Waals surface area contributed by atoms with Crippen molar-refractivity contribution < 1.29 is 18.7 Å². The first-order valence-corrected chi connectivity index (χ1v) is 4.94. The minimum Gasteiger partial charge on any atom is -0.478 e. The van der Waals surface area contributed by atoms with E-state index in [2.05, 4.69) is 5.32 Å². The first kappa shape index (κ1) is 11.2. The van der Waals surface area contributed by atoms with Crippen LogP contribution in [0.5, 0.6) is 0 Å². The summed E-state index contributed by atoms with van der Waals surface area (Å²) in [4.78, 5) is 10.9. The third-order valence-corrected chi connectivity index (χ3v) is 2.28. The molecule has 2 N–H and O–H groups in total. The molecule has 1 heterocycles. The molecular weight excluding hydrogens is 225 g/mol. The minimum atomic E-state index is -1.17. The summed E-state index contributed by atoms with van der Waals surface area (Å²) >= 11 is 0. The van der Waals surface area contributed by atoms with E-state index in [0.717, 1.165) is 11.6 Å². The Labute approximate surface area is 96.7 Å². The molecule has 1 aromatic carbocycles. The summed E-state index contributed by atoms with van der Waals surface area (Å²) in [6, 6.07) is 5.36. The topological polar surface area (TPSA) is 62.5 Å². The summed E-state index contributed by atoms with van der Waals surface area (Å²) < 4.78 is 17.8. The molecule has 0 bridgehead atoms. The summed E-state index contributed by atoms with van der Waals surface area (Å²) in [6.07, 6.45) is 3.08. The third kappa shape index (κ3) is 2.63. The first-order valence-electron chi connectivity index (χ1n) is 4.94. The van der Waals surface area contributed by atoms with Crippen LogP contribution in [0, 0.1) is 5.82 Å². The molecule has 0 amide bonds. The van der Waals surface area contributed by atoms with Gasteiger partial charge < -0.3 is 14.8 Å². The number of carboxylic acids is 1. The van der Waals surface area contributed by atoms with E-state index in [-0.39, 0.29) is 5.56 Å². The molecule has 0 saturated heterocycles. The standard InChI is InChI=1S/C12H10FNO3/c13-9-1-2-11(10(5-9)12(15)16)14-6-8-3-4-17-7-8/h1-5,7,14H,6H2,(H,15,16). The molecular formula is C12H10FNO3. The largest absolute Gasteiger partial charge is 0.478 e. The van der Waals surface area contributed by atoms with Gasteiger partial charge in [0.15, 0.2) is 0 Å². The van der Waals surface area contributed by atoms with Gasteiger partial charge in [-0.05, 0) is 24.3 Å². The molecule has 2 rings (SSSR count). The average molecular weight is 235 g/mol. The number of benzene rings is 1. The molecule has 88 valence electrons. The second kappa shape index (κ2) is 4.69. The lowest BCUT2D eigenvalue weighted by Gasteiger charge is -2.08. The average Bonchev–Trinajstić information content (AvgIpc) is 2.80. The van der Waals surface area contributed by atoms with Gasteiger partial charge in [-0.3, -0.25) is 0 Å². The van der Waals surface area contributed by atoms with Crippen molar-refractivity contribution in [3.63, 3.8) is 0 Å². The van der Waals surface area contributed by atoms with E-state index in [9.17, 15) is 9.18 Å². The smallest absolute Gasteiger partial charge is 0.337 e. The highest BCUT2D eigenvalue weighted by molar-refractivity contribution is 5.94. The fraction of sp³-hybridized carbons (Fsp3) is 0.0833. The molecule has 0 spiro atoms. The number of aromatic carboxylic acids is 1. The highest BCUT2D eigenvalue weighted by Gasteiger charge is 2.11. The lowest BCUT2D eigenvalue weighted by atomic mass is 10.1. The lowest BCUT2D eigenvalue weighted by molar-refractivity contribution is 0.0697. The van der Waals surface area contributed by atoms with Gasteiger partial charge in [0.25, 0.3) is 0 Å². The fourth-order valence-corrected chi connectivity index (χ4v) is 1.44. The van der Waals surface area contributed by atoms with Gasteiger partial charge in [0, 0.05) is 17.8 Å². The van der Waals surface area contributed by atoms with Crippen LogP contribution in [0.2, 0.25) is 0 Å². The van der Waals surface area contributed by atoms with Crippen LogP contribution in [-0.2, 0) is 6.54 Å². The Morgan fingerprint density at radius 1 is 1.41 bits per heavy atom. The Hall–Kier alpha value is -2.30. The minimum absolute atomic E-state index is 0.0894. The summed E-state index contributed by atoms with van der Waals surface area (Å²) in [7, 11) is 0. The summed E-state index contributed by atoms with van der Waals surface area (Å²) in [6.45, 7) is 0.419. The second-order valence-electron chi connectivity index (χ2n) is 3.48. The maximum atomic E-state index is 12.9. The fourth-order valence-electron chi connectivity index (χ4n) is 1.44. The van der Waals surface area contributed by atoms with Crippen molar-refractivity contribution in [3.8, 4) is 0 Å². The van der Waals surface area contributed by atoms with Gasteiger partial charge in [-0.1, -0.05) is 0 Å². The Balaban J connectivity index is 2.17. The molecule has 5 heteroatoms. The van der Waals surface area contributed by atoms with Gasteiger partial charge in [-0.2, -0.15) is 0 Å². The van der Waals surface area contributed by atoms with Crippen molar-refractivity contribution in [1.29, 1.82) is 0 Å². The van der Waals surface area contributed by atoms with Crippen LogP contribution >= 0.6 is 0 Å². The van der Waals surface area contributed by atoms with E-state index in [4.69, 9.17) is 9.52 Å². The van der Waals surface area contributed by atoms with Crippen molar-refractivity contribution in [3.05, 3.63) is 53.7 Å². The quantitative estimate of drug-likeness (QED) is 0.855. The van der Waals surface area contributed by atoms with E-state index >= 15 is 0 Å². The molecule has 0 radical (unpaired) electrons. The van der Waals surface area contributed by atoms with Crippen molar-refractivity contribution in [2.24, 2.45) is 0 Å². The summed E-state index contributed by atoms with van der Waals surface area (Å²) in [5.74, 6) is -1.74. The van der Waals surface area contributed by atoms with Crippen LogP contribution in [-0.4, -0.2) is 11.1 Å². The zero-order chi connectivity index (χ0) is 12.3. The lowest BCUT2D eigenvalue weighted by Crippen LogP contribution is -2.06. The van der Waals surface area contributed by atoms with E-state index in [0.29, 0.717) is 12.2 Å². The Morgan fingerprint density at radius 2 is 2.24 bits per heavy atom. The van der Waals surface area contributed by atoms with Crippen molar-refractivity contribution in [2.75, 3.05) is 5.32 Å². The number of anilines is 1. The maximum Gasteiger partial charge on any atom is 0.337 e. The molecule has 0 saturated carbocycles. The van der Waals surface area contributed by atoms with E-state index in [1.807, 2.05) is 0 Å². The SMILES string of the molecule is O=C(O)c1cc(F)ccc1NCc1ccoc1. The molecule has 2 aromatic rings. The van der Waals surface area contributed by atoms with Gasteiger partial charge in [0.2, 0.25) is 0 Å². The number of furan rings is 1. The van der Waals surface area contributed by atoms with Crippen LogP contribution < -0.4 is 5.32 Å². The van der Waals surface area contributed by atoms with Gasteiger partial charge in [-0.25, -0.2) is 9.18 Å². The number of hydrogen-bond donors (Lipinski definition) is 2. The van der Waals surface area contributed by atoms with E-state index in [1.165, 1.54) is 18.4 Å². The number of hydrogen-bond acceptors (Lipinski definition) is 3. The molecule has 4 nitrogen and oxygen atoms in total. The van der Waals surface area contributed by atoms with Crippen molar-refractivity contribution in [2.45, 2.75) is 6.54 Å². The van der Waals surface area contributed by atoms with Gasteiger partial charge in [-0.15, -0.1) is 0 Å². The second-order valence-corrected chi connectivity index (χ2v) is 3.48. The van der Waals surface area contributed by atoms with Crippen molar-refractivity contribution in [1.82, 2.24) is 0 Å². The predicted octanol–water partition coefficient (Wildman–Crippen LogP) is 2.73.